The Balaban J connectivity index is 1.60. The quantitative estimate of drug-likeness (QED) is 0.535. The lowest BCUT2D eigenvalue weighted by molar-refractivity contribution is -0.122. The first-order valence-electron chi connectivity index (χ1n) is 8.92. The van der Waals surface area contributed by atoms with Gasteiger partial charge in [-0.1, -0.05) is 23.2 Å². The Morgan fingerprint density at radius 2 is 1.59 bits per heavy atom. The molecule has 29 heavy (non-hydrogen) atoms. The number of nitrogens with one attached hydrogen (secondary N) is 2. The molecular formula is C21H20Cl2N4O2. The number of ether oxygens (including phenoxy) is 1. The molecule has 0 fully saturated rings. The fraction of sp³-hybridized carbons (Fsp3) is 0.190. The summed E-state index contributed by atoms with van der Waals surface area (Å²) in [6.45, 7) is 5.48. The number of amides is 1. The molecule has 1 amide bonds. The molecule has 0 radical (unpaired) electrons. The van der Waals surface area contributed by atoms with Crippen LogP contribution in [0.25, 0.3) is 0 Å². The van der Waals surface area contributed by atoms with Gasteiger partial charge in [-0.2, -0.15) is 0 Å². The molecule has 2 N–H and O–H groups in total. The van der Waals surface area contributed by atoms with Crippen molar-refractivity contribution in [1.82, 2.24) is 9.97 Å². The fourth-order valence-electron chi connectivity index (χ4n) is 2.61. The van der Waals surface area contributed by atoms with Crippen LogP contribution in [-0.2, 0) is 4.79 Å². The number of aryl methyl sites for hydroxylation is 2. The van der Waals surface area contributed by atoms with Crippen molar-refractivity contribution in [3.05, 3.63) is 70.0 Å². The van der Waals surface area contributed by atoms with Crippen molar-refractivity contribution in [2.45, 2.75) is 26.9 Å². The molecule has 2 aromatic carbocycles. The molecular weight excluding hydrogens is 411 g/mol. The molecule has 6 nitrogen and oxygen atoms in total. The standard InChI is InChI=1S/C21H20Cl2N4O2/c1-12-10-13(2)25-21(24-12)27-17-7-5-16(6-8-17)26-20(28)14(3)29-19-9-4-15(22)11-18(19)23/h4-11,14H,1-3H3,(H,26,28)(H,24,25,27). The smallest absolute Gasteiger partial charge is 0.265 e. The van der Waals surface area contributed by atoms with Gasteiger partial charge in [-0.3, -0.25) is 4.79 Å². The van der Waals surface area contributed by atoms with Crippen LogP contribution in [-0.4, -0.2) is 22.0 Å². The number of benzene rings is 2. The van der Waals surface area contributed by atoms with E-state index in [1.54, 1.807) is 37.3 Å². The van der Waals surface area contributed by atoms with Crippen molar-refractivity contribution >= 4 is 46.4 Å². The van der Waals surface area contributed by atoms with Gasteiger partial charge in [0.15, 0.2) is 6.10 Å². The number of carbonyl (C=O) groups is 1. The summed E-state index contributed by atoms with van der Waals surface area (Å²) in [5.74, 6) is 0.627. The third-order valence-corrected chi connectivity index (χ3v) is 4.49. The zero-order valence-electron chi connectivity index (χ0n) is 16.2. The van der Waals surface area contributed by atoms with Crippen molar-refractivity contribution in [2.75, 3.05) is 10.6 Å². The number of carbonyl (C=O) groups excluding carboxylic acids is 1. The van der Waals surface area contributed by atoms with Gasteiger partial charge in [0.05, 0.1) is 5.02 Å². The van der Waals surface area contributed by atoms with E-state index in [0.717, 1.165) is 17.1 Å². The maximum Gasteiger partial charge on any atom is 0.265 e. The van der Waals surface area contributed by atoms with Gasteiger partial charge < -0.3 is 15.4 Å². The van der Waals surface area contributed by atoms with Crippen molar-refractivity contribution in [1.29, 1.82) is 0 Å². The normalized spacial score (nSPS) is 11.6. The first-order valence-corrected chi connectivity index (χ1v) is 9.68. The number of rotatable bonds is 6. The number of halogens is 2. The highest BCUT2D eigenvalue weighted by Crippen LogP contribution is 2.28. The summed E-state index contributed by atoms with van der Waals surface area (Å²) in [5, 5.41) is 6.80. The molecule has 0 bridgehead atoms. The summed E-state index contributed by atoms with van der Waals surface area (Å²) in [7, 11) is 0. The van der Waals surface area contributed by atoms with Gasteiger partial charge in [-0.15, -0.1) is 0 Å². The second-order valence-corrected chi connectivity index (χ2v) is 7.34. The highest BCUT2D eigenvalue weighted by molar-refractivity contribution is 6.35. The molecule has 8 heteroatoms. The molecule has 0 saturated carbocycles. The molecule has 0 spiro atoms. The van der Waals surface area contributed by atoms with Gasteiger partial charge in [-0.05, 0) is 69.3 Å². The van der Waals surface area contributed by atoms with Crippen LogP contribution in [0.2, 0.25) is 10.0 Å². The van der Waals surface area contributed by atoms with Crippen molar-refractivity contribution in [3.8, 4) is 5.75 Å². The summed E-state index contributed by atoms with van der Waals surface area (Å²) in [5.41, 5.74) is 3.22. The zero-order chi connectivity index (χ0) is 21.0. The van der Waals surface area contributed by atoms with E-state index in [2.05, 4.69) is 20.6 Å². The Labute approximate surface area is 179 Å². The number of nitrogens with zero attached hydrogens (tertiary/aromatic N) is 2. The first kappa shape index (κ1) is 20.9. The minimum Gasteiger partial charge on any atom is -0.479 e. The zero-order valence-corrected chi connectivity index (χ0v) is 17.7. The highest BCUT2D eigenvalue weighted by Gasteiger charge is 2.16. The van der Waals surface area contributed by atoms with Crippen LogP contribution in [0.1, 0.15) is 18.3 Å². The molecule has 1 atom stereocenters. The fourth-order valence-corrected chi connectivity index (χ4v) is 3.06. The van der Waals surface area contributed by atoms with E-state index >= 15 is 0 Å². The van der Waals surface area contributed by atoms with Crippen LogP contribution in [0, 0.1) is 13.8 Å². The molecule has 3 rings (SSSR count). The van der Waals surface area contributed by atoms with E-state index in [0.29, 0.717) is 27.4 Å². The maximum absolute atomic E-state index is 12.4. The minimum atomic E-state index is -0.741. The molecule has 1 aromatic heterocycles. The van der Waals surface area contributed by atoms with Gasteiger partial charge in [-0.25, -0.2) is 9.97 Å². The average Bonchev–Trinajstić information content (AvgIpc) is 2.64. The van der Waals surface area contributed by atoms with Crippen molar-refractivity contribution < 1.29 is 9.53 Å². The third-order valence-electron chi connectivity index (χ3n) is 3.96. The van der Waals surface area contributed by atoms with E-state index in [4.69, 9.17) is 27.9 Å². The van der Waals surface area contributed by atoms with Crippen LogP contribution >= 0.6 is 23.2 Å². The largest absolute Gasteiger partial charge is 0.479 e. The Bertz CT molecular complexity index is 1010. The Morgan fingerprint density at radius 1 is 0.966 bits per heavy atom. The molecule has 0 aliphatic heterocycles. The summed E-state index contributed by atoms with van der Waals surface area (Å²) >= 11 is 12.0. The average molecular weight is 431 g/mol. The van der Waals surface area contributed by atoms with Gasteiger partial charge in [0, 0.05) is 27.8 Å². The lowest BCUT2D eigenvalue weighted by atomic mass is 10.2. The second kappa shape index (κ2) is 9.11. The summed E-state index contributed by atoms with van der Waals surface area (Å²) in [6.07, 6.45) is -0.741. The molecule has 0 saturated heterocycles. The minimum absolute atomic E-state index is 0.297. The van der Waals surface area contributed by atoms with Crippen LogP contribution in [0.4, 0.5) is 17.3 Å². The predicted molar refractivity (Wildman–Crippen MR) is 116 cm³/mol. The summed E-state index contributed by atoms with van der Waals surface area (Å²) in [4.78, 5) is 21.1. The first-order chi connectivity index (χ1) is 13.8. The Morgan fingerprint density at radius 3 is 2.21 bits per heavy atom. The number of hydrogen-bond acceptors (Lipinski definition) is 5. The second-order valence-electron chi connectivity index (χ2n) is 6.50. The molecule has 1 heterocycles. The molecule has 0 aliphatic carbocycles. The predicted octanol–water partition coefficient (Wildman–Crippen LogP) is 5.55. The molecule has 0 aliphatic rings. The van der Waals surface area contributed by atoms with E-state index in [9.17, 15) is 4.79 Å². The SMILES string of the molecule is Cc1cc(C)nc(Nc2ccc(NC(=O)C(C)Oc3ccc(Cl)cc3Cl)cc2)n1. The number of aromatic nitrogens is 2. The summed E-state index contributed by atoms with van der Waals surface area (Å²) in [6, 6.07) is 14.0. The van der Waals surface area contributed by atoms with Crippen molar-refractivity contribution in [3.63, 3.8) is 0 Å². The number of anilines is 3. The third kappa shape index (κ3) is 5.82. The van der Waals surface area contributed by atoms with E-state index < -0.39 is 6.10 Å². The van der Waals surface area contributed by atoms with Gasteiger partial charge in [0.2, 0.25) is 5.95 Å². The molecule has 3 aromatic rings. The Kier molecular flexibility index (Phi) is 6.56. The summed E-state index contributed by atoms with van der Waals surface area (Å²) < 4.78 is 5.63. The highest BCUT2D eigenvalue weighted by atomic mass is 35.5. The van der Waals surface area contributed by atoms with Crippen LogP contribution in [0.3, 0.4) is 0 Å². The van der Waals surface area contributed by atoms with Crippen LogP contribution in [0.5, 0.6) is 5.75 Å². The topological polar surface area (TPSA) is 76.1 Å². The van der Waals surface area contributed by atoms with Crippen molar-refractivity contribution in [2.24, 2.45) is 0 Å². The van der Waals surface area contributed by atoms with E-state index in [1.165, 1.54) is 0 Å². The van der Waals surface area contributed by atoms with Crippen LogP contribution in [0.15, 0.2) is 48.5 Å². The molecule has 150 valence electrons. The van der Waals surface area contributed by atoms with Crippen LogP contribution < -0.4 is 15.4 Å². The van der Waals surface area contributed by atoms with E-state index in [-0.39, 0.29) is 5.91 Å². The lowest BCUT2D eigenvalue weighted by Crippen LogP contribution is -2.30. The Hall–Kier alpha value is -2.83. The maximum atomic E-state index is 12.4. The lowest BCUT2D eigenvalue weighted by Gasteiger charge is -2.16. The molecule has 1 unspecified atom stereocenters. The number of hydrogen-bond donors (Lipinski definition) is 2. The van der Waals surface area contributed by atoms with Gasteiger partial charge in [0.25, 0.3) is 5.91 Å². The van der Waals surface area contributed by atoms with Gasteiger partial charge in [0.1, 0.15) is 5.75 Å². The van der Waals surface area contributed by atoms with E-state index in [1.807, 2.05) is 32.0 Å². The monoisotopic (exact) mass is 430 g/mol. The van der Waals surface area contributed by atoms with Gasteiger partial charge >= 0.3 is 0 Å².